The fourth-order valence-corrected chi connectivity index (χ4v) is 4.82. The SMILES string of the molecule is Cc1ccc(CC(C)(C)NCC(O)CN(C)Sc2cccc(-c3ccc(C(=O)O)cc3F)c2)cc1F. The molecule has 0 heterocycles. The largest absolute Gasteiger partial charge is 0.478 e. The number of hydrogen-bond acceptors (Lipinski definition) is 5. The second-order valence-electron chi connectivity index (χ2n) is 9.61. The number of rotatable bonds is 11. The van der Waals surface area contributed by atoms with Crippen molar-refractivity contribution in [3.63, 3.8) is 0 Å². The molecular weight excluding hydrogens is 482 g/mol. The standard InChI is InChI=1S/C28H32F2N2O3S/c1-18-8-9-19(12-25(18)29)15-28(2,3)31-16-22(33)17-32(4)36-23-7-5-6-20(13-23)24-11-10-21(27(34)35)14-26(24)30/h5-14,22,31,33H,15-17H2,1-4H3,(H,34,35). The fraction of sp³-hybridized carbons (Fsp3) is 0.321. The summed E-state index contributed by atoms with van der Waals surface area (Å²) in [6.45, 7) is 6.53. The number of halogens is 2. The zero-order chi connectivity index (χ0) is 26.5. The van der Waals surface area contributed by atoms with E-state index in [1.165, 1.54) is 24.1 Å². The Morgan fingerprint density at radius 1 is 1.08 bits per heavy atom. The number of hydrogen-bond donors (Lipinski definition) is 3. The van der Waals surface area contributed by atoms with Crippen LogP contribution >= 0.6 is 11.9 Å². The Kier molecular flexibility index (Phi) is 9.24. The van der Waals surface area contributed by atoms with Crippen molar-refractivity contribution in [2.75, 3.05) is 20.1 Å². The number of nitrogens with zero attached hydrogens (tertiary/aromatic N) is 1. The van der Waals surface area contributed by atoms with Gasteiger partial charge in [-0.2, -0.15) is 0 Å². The molecular formula is C28H32F2N2O3S. The summed E-state index contributed by atoms with van der Waals surface area (Å²) in [6, 6.07) is 16.4. The molecule has 1 unspecified atom stereocenters. The Balaban J connectivity index is 1.54. The Labute approximate surface area is 215 Å². The molecule has 0 radical (unpaired) electrons. The highest BCUT2D eigenvalue weighted by atomic mass is 32.2. The van der Waals surface area contributed by atoms with Gasteiger partial charge < -0.3 is 15.5 Å². The van der Waals surface area contributed by atoms with Gasteiger partial charge in [0, 0.05) is 29.1 Å². The zero-order valence-electron chi connectivity index (χ0n) is 20.9. The Hall–Kier alpha value is -2.78. The van der Waals surface area contributed by atoms with Gasteiger partial charge in [0.1, 0.15) is 11.6 Å². The maximum absolute atomic E-state index is 14.5. The van der Waals surface area contributed by atoms with E-state index in [0.717, 1.165) is 16.5 Å². The van der Waals surface area contributed by atoms with Crippen molar-refractivity contribution < 1.29 is 23.8 Å². The number of aliphatic hydroxyl groups excluding tert-OH is 1. The molecule has 0 aliphatic rings. The van der Waals surface area contributed by atoms with E-state index >= 15 is 0 Å². The lowest BCUT2D eigenvalue weighted by Gasteiger charge is -2.29. The van der Waals surface area contributed by atoms with Gasteiger partial charge in [0.2, 0.25) is 0 Å². The molecule has 3 aromatic carbocycles. The van der Waals surface area contributed by atoms with Crippen LogP contribution in [0, 0.1) is 18.6 Å². The summed E-state index contributed by atoms with van der Waals surface area (Å²) in [5, 5.41) is 23.0. The summed E-state index contributed by atoms with van der Waals surface area (Å²) in [6.07, 6.45) is -0.0149. The molecule has 0 saturated carbocycles. The number of β-amino-alcohol motifs (C(OH)–C–C–N with tert-alkyl or cyclic N) is 1. The van der Waals surface area contributed by atoms with E-state index in [2.05, 4.69) is 5.32 Å². The van der Waals surface area contributed by atoms with Crippen LogP contribution in [-0.2, 0) is 6.42 Å². The topological polar surface area (TPSA) is 72.8 Å². The molecule has 0 bridgehead atoms. The second kappa shape index (κ2) is 12.0. The maximum atomic E-state index is 14.5. The van der Waals surface area contributed by atoms with E-state index in [4.69, 9.17) is 5.11 Å². The van der Waals surface area contributed by atoms with Gasteiger partial charge in [-0.05, 0) is 93.2 Å². The first-order valence-corrected chi connectivity index (χ1v) is 12.4. The highest BCUT2D eigenvalue weighted by molar-refractivity contribution is 7.97. The van der Waals surface area contributed by atoms with Crippen LogP contribution in [0.1, 0.15) is 35.3 Å². The van der Waals surface area contributed by atoms with Gasteiger partial charge in [0.25, 0.3) is 0 Å². The van der Waals surface area contributed by atoms with E-state index < -0.39 is 17.9 Å². The Morgan fingerprint density at radius 2 is 1.83 bits per heavy atom. The highest BCUT2D eigenvalue weighted by Crippen LogP contribution is 2.29. The first-order chi connectivity index (χ1) is 16.9. The lowest BCUT2D eigenvalue weighted by Crippen LogP contribution is -2.46. The molecule has 0 aliphatic carbocycles. The molecule has 8 heteroatoms. The van der Waals surface area contributed by atoms with E-state index in [0.29, 0.717) is 36.2 Å². The zero-order valence-corrected chi connectivity index (χ0v) is 21.7. The summed E-state index contributed by atoms with van der Waals surface area (Å²) in [5.41, 5.74) is 2.05. The average Bonchev–Trinajstić information content (AvgIpc) is 2.80. The van der Waals surface area contributed by atoms with Crippen molar-refractivity contribution in [1.29, 1.82) is 0 Å². The number of carboxylic acids is 1. The van der Waals surface area contributed by atoms with E-state index in [-0.39, 0.29) is 16.9 Å². The van der Waals surface area contributed by atoms with Gasteiger partial charge in [-0.25, -0.2) is 17.9 Å². The Morgan fingerprint density at radius 3 is 2.50 bits per heavy atom. The van der Waals surface area contributed by atoms with Crippen molar-refractivity contribution in [2.45, 2.75) is 43.7 Å². The van der Waals surface area contributed by atoms with Gasteiger partial charge in [0.05, 0.1) is 11.7 Å². The van der Waals surface area contributed by atoms with Crippen LogP contribution in [0.5, 0.6) is 0 Å². The third-order valence-corrected chi connectivity index (χ3v) is 6.71. The van der Waals surface area contributed by atoms with Crippen LogP contribution in [0.4, 0.5) is 8.78 Å². The van der Waals surface area contributed by atoms with Gasteiger partial charge in [-0.1, -0.05) is 30.3 Å². The number of carboxylic acid groups (broad SMARTS) is 1. The highest BCUT2D eigenvalue weighted by Gasteiger charge is 2.20. The second-order valence-corrected chi connectivity index (χ2v) is 10.9. The lowest BCUT2D eigenvalue weighted by atomic mass is 9.94. The molecule has 0 aliphatic heterocycles. The predicted molar refractivity (Wildman–Crippen MR) is 140 cm³/mol. The first kappa shape index (κ1) is 27.8. The minimum Gasteiger partial charge on any atom is -0.478 e. The van der Waals surface area contributed by atoms with Gasteiger partial charge in [-0.15, -0.1) is 0 Å². The van der Waals surface area contributed by atoms with Gasteiger partial charge in [0.15, 0.2) is 0 Å². The third-order valence-electron chi connectivity index (χ3n) is 5.79. The molecule has 0 aromatic heterocycles. The first-order valence-electron chi connectivity index (χ1n) is 11.6. The molecule has 5 nitrogen and oxygen atoms in total. The van der Waals surface area contributed by atoms with E-state index in [1.54, 1.807) is 25.1 Å². The monoisotopic (exact) mass is 514 g/mol. The normalized spacial score (nSPS) is 12.7. The quantitative estimate of drug-likeness (QED) is 0.292. The number of aryl methyl sites for hydroxylation is 1. The molecule has 0 spiro atoms. The molecule has 3 aromatic rings. The number of aliphatic hydroxyl groups is 1. The van der Waals surface area contributed by atoms with Crippen LogP contribution in [0.3, 0.4) is 0 Å². The molecule has 0 saturated heterocycles. The van der Waals surface area contributed by atoms with Crippen molar-refractivity contribution in [3.8, 4) is 11.1 Å². The fourth-order valence-electron chi connectivity index (χ4n) is 3.89. The van der Waals surface area contributed by atoms with Crippen LogP contribution in [0.2, 0.25) is 0 Å². The minimum atomic E-state index is -1.17. The van der Waals surface area contributed by atoms with Crippen molar-refractivity contribution in [3.05, 3.63) is 89.0 Å². The molecule has 36 heavy (non-hydrogen) atoms. The van der Waals surface area contributed by atoms with Gasteiger partial charge >= 0.3 is 5.97 Å². The lowest BCUT2D eigenvalue weighted by molar-refractivity contribution is 0.0696. The number of likely N-dealkylation sites (N-methyl/N-ethyl adjacent to an activating group) is 1. The van der Waals surface area contributed by atoms with Crippen molar-refractivity contribution >= 4 is 17.9 Å². The van der Waals surface area contributed by atoms with Crippen LogP contribution in [0.25, 0.3) is 11.1 Å². The summed E-state index contributed by atoms with van der Waals surface area (Å²) in [7, 11) is 1.86. The molecule has 192 valence electrons. The number of carbonyl (C=O) groups is 1. The minimum absolute atomic E-state index is 0.0988. The third kappa shape index (κ3) is 7.86. The molecule has 3 rings (SSSR count). The summed E-state index contributed by atoms with van der Waals surface area (Å²) in [5.74, 6) is -1.99. The van der Waals surface area contributed by atoms with Crippen molar-refractivity contribution in [2.24, 2.45) is 0 Å². The van der Waals surface area contributed by atoms with Crippen LogP contribution in [0.15, 0.2) is 65.6 Å². The predicted octanol–water partition coefficient (Wildman–Crippen LogP) is 5.55. The van der Waals surface area contributed by atoms with Crippen molar-refractivity contribution in [1.82, 2.24) is 9.62 Å². The van der Waals surface area contributed by atoms with Crippen LogP contribution < -0.4 is 5.32 Å². The summed E-state index contributed by atoms with van der Waals surface area (Å²) in [4.78, 5) is 11.9. The Bertz CT molecular complexity index is 1220. The smallest absolute Gasteiger partial charge is 0.335 e. The summed E-state index contributed by atoms with van der Waals surface area (Å²) >= 11 is 1.42. The van der Waals surface area contributed by atoms with Crippen LogP contribution in [-0.4, -0.2) is 52.3 Å². The number of nitrogens with one attached hydrogen (secondary N) is 1. The van der Waals surface area contributed by atoms with E-state index in [1.807, 2.05) is 49.5 Å². The summed E-state index contributed by atoms with van der Waals surface area (Å²) < 4.78 is 30.2. The number of aromatic carboxylic acids is 1. The van der Waals surface area contributed by atoms with E-state index in [9.17, 15) is 18.7 Å². The molecule has 0 fully saturated rings. The average molecular weight is 515 g/mol. The molecule has 0 amide bonds. The molecule has 1 atom stereocenters. The molecule has 3 N–H and O–H groups in total. The van der Waals surface area contributed by atoms with Gasteiger partial charge in [-0.3, -0.25) is 0 Å². The maximum Gasteiger partial charge on any atom is 0.335 e. The number of benzene rings is 3.